The molecule has 6 nitrogen and oxygen atoms in total. The molecule has 1 N–H and O–H groups in total. The van der Waals surface area contributed by atoms with E-state index in [1.807, 2.05) is 26.0 Å². The van der Waals surface area contributed by atoms with Crippen LogP contribution < -0.4 is 19.7 Å². The van der Waals surface area contributed by atoms with Gasteiger partial charge in [-0.25, -0.2) is 0 Å². The van der Waals surface area contributed by atoms with Crippen LogP contribution in [0.3, 0.4) is 0 Å². The van der Waals surface area contributed by atoms with Crippen LogP contribution in [0, 0.1) is 0 Å². The number of carbonyl (C=O) groups is 1. The summed E-state index contributed by atoms with van der Waals surface area (Å²) in [5.74, 6) is 0.530. The lowest BCUT2D eigenvalue weighted by atomic mass is 10.1. The van der Waals surface area contributed by atoms with Crippen molar-refractivity contribution in [1.29, 1.82) is 0 Å². The fourth-order valence-electron chi connectivity index (χ4n) is 3.33. The zero-order valence-corrected chi connectivity index (χ0v) is 19.2. The second-order valence-electron chi connectivity index (χ2n) is 7.56. The quantitative estimate of drug-likeness (QED) is 0.683. The number of carbonyl (C=O) groups excluding carboxylic acids is 1. The van der Waals surface area contributed by atoms with Crippen molar-refractivity contribution < 1.29 is 14.3 Å². The maximum Gasteiger partial charge on any atom is 0.255 e. The van der Waals surface area contributed by atoms with Crippen LogP contribution in [0.2, 0.25) is 10.0 Å². The van der Waals surface area contributed by atoms with Crippen LogP contribution in [0.25, 0.3) is 0 Å². The molecule has 162 valence electrons. The third kappa shape index (κ3) is 5.31. The second-order valence-corrected chi connectivity index (χ2v) is 8.41. The average molecular weight is 452 g/mol. The zero-order valence-electron chi connectivity index (χ0n) is 17.7. The Morgan fingerprint density at radius 2 is 1.80 bits per heavy atom. The Morgan fingerprint density at radius 3 is 2.43 bits per heavy atom. The molecule has 0 radical (unpaired) electrons. The molecule has 0 bridgehead atoms. The molecule has 0 aromatic heterocycles. The van der Waals surface area contributed by atoms with E-state index in [0.717, 1.165) is 31.9 Å². The number of hydrogen-bond donors (Lipinski definition) is 1. The van der Waals surface area contributed by atoms with Gasteiger partial charge < -0.3 is 24.6 Å². The molecule has 8 heteroatoms. The predicted octanol–water partition coefficient (Wildman–Crippen LogP) is 4.79. The van der Waals surface area contributed by atoms with Crippen LogP contribution in [0.5, 0.6) is 11.5 Å². The van der Waals surface area contributed by atoms with Crippen molar-refractivity contribution in [3.05, 3.63) is 45.9 Å². The lowest BCUT2D eigenvalue weighted by Crippen LogP contribution is -2.44. The van der Waals surface area contributed by atoms with Gasteiger partial charge >= 0.3 is 0 Å². The monoisotopic (exact) mass is 451 g/mol. The highest BCUT2D eigenvalue weighted by Gasteiger charge is 2.21. The minimum absolute atomic E-state index is 0.0753. The van der Waals surface area contributed by atoms with E-state index in [1.165, 1.54) is 7.11 Å². The Kier molecular flexibility index (Phi) is 7.34. The van der Waals surface area contributed by atoms with E-state index in [-0.39, 0.29) is 12.0 Å². The van der Waals surface area contributed by atoms with Crippen LogP contribution in [0.4, 0.5) is 11.4 Å². The molecule has 1 aliphatic rings. The van der Waals surface area contributed by atoms with Gasteiger partial charge in [0.15, 0.2) is 11.5 Å². The summed E-state index contributed by atoms with van der Waals surface area (Å²) in [4.78, 5) is 17.6. The average Bonchev–Trinajstić information content (AvgIpc) is 2.70. The highest BCUT2D eigenvalue weighted by atomic mass is 35.5. The van der Waals surface area contributed by atoms with Gasteiger partial charge in [0.05, 0.1) is 29.6 Å². The third-order valence-corrected chi connectivity index (χ3v) is 5.41. The van der Waals surface area contributed by atoms with Crippen molar-refractivity contribution in [2.24, 2.45) is 0 Å². The number of hydrogen-bond acceptors (Lipinski definition) is 5. The molecular weight excluding hydrogens is 425 g/mol. The van der Waals surface area contributed by atoms with Gasteiger partial charge in [-0.3, -0.25) is 4.79 Å². The van der Waals surface area contributed by atoms with Crippen molar-refractivity contribution in [1.82, 2.24) is 4.90 Å². The van der Waals surface area contributed by atoms with E-state index in [4.69, 9.17) is 32.7 Å². The zero-order chi connectivity index (χ0) is 21.8. The number of likely N-dealkylation sites (N-methyl/N-ethyl adjacent to an activating group) is 1. The largest absolute Gasteiger partial charge is 0.493 e. The first kappa shape index (κ1) is 22.5. The molecule has 0 unspecified atom stereocenters. The molecule has 2 aromatic carbocycles. The fourth-order valence-corrected chi connectivity index (χ4v) is 3.75. The molecule has 1 amide bonds. The number of anilines is 2. The van der Waals surface area contributed by atoms with Gasteiger partial charge in [-0.15, -0.1) is 0 Å². The summed E-state index contributed by atoms with van der Waals surface area (Å²) < 4.78 is 11.1. The number of benzene rings is 2. The number of nitrogens with one attached hydrogen (secondary N) is 1. The molecule has 1 aliphatic heterocycles. The number of nitrogens with zero attached hydrogens (tertiary/aromatic N) is 2. The normalized spacial score (nSPS) is 14.7. The first-order valence-corrected chi connectivity index (χ1v) is 10.6. The van der Waals surface area contributed by atoms with Crippen LogP contribution in [-0.4, -0.2) is 57.2 Å². The Balaban J connectivity index is 1.87. The summed E-state index contributed by atoms with van der Waals surface area (Å²) in [6, 6.07) is 8.75. The minimum atomic E-state index is -0.302. The Labute approximate surface area is 187 Å². The van der Waals surface area contributed by atoms with Crippen molar-refractivity contribution in [2.75, 3.05) is 50.6 Å². The fraction of sp³-hybridized carbons (Fsp3) is 0.409. The van der Waals surface area contributed by atoms with Gasteiger partial charge in [-0.05, 0) is 51.2 Å². The highest BCUT2D eigenvalue weighted by Crippen LogP contribution is 2.38. The molecule has 2 aromatic rings. The molecule has 30 heavy (non-hydrogen) atoms. The van der Waals surface area contributed by atoms with Gasteiger partial charge in [0.2, 0.25) is 0 Å². The molecule has 0 saturated carbocycles. The van der Waals surface area contributed by atoms with Crippen molar-refractivity contribution in [3.8, 4) is 11.5 Å². The number of piperazine rings is 1. The first-order chi connectivity index (χ1) is 14.3. The second kappa shape index (κ2) is 9.77. The number of rotatable bonds is 6. The lowest BCUT2D eigenvalue weighted by Gasteiger charge is -2.35. The standard InChI is InChI=1S/C22H27Cl2N3O3/c1-14(2)30-21-17(24)11-15(12-20(21)29-4)22(28)25-18-13-16(23)5-6-19(18)27-9-7-26(3)8-10-27/h5-6,11-14H,7-10H2,1-4H3,(H,25,28). The molecule has 1 heterocycles. The molecule has 3 rings (SSSR count). The maximum absolute atomic E-state index is 13.0. The van der Waals surface area contributed by atoms with Gasteiger partial charge in [0.25, 0.3) is 5.91 Å². The van der Waals surface area contributed by atoms with Crippen molar-refractivity contribution >= 4 is 40.5 Å². The van der Waals surface area contributed by atoms with Crippen LogP contribution in [0.15, 0.2) is 30.3 Å². The maximum atomic E-state index is 13.0. The van der Waals surface area contributed by atoms with Crippen molar-refractivity contribution in [2.45, 2.75) is 20.0 Å². The molecule has 0 atom stereocenters. The topological polar surface area (TPSA) is 54.0 Å². The number of halogens is 2. The Hall–Kier alpha value is -2.15. The highest BCUT2D eigenvalue weighted by molar-refractivity contribution is 6.33. The first-order valence-electron chi connectivity index (χ1n) is 9.87. The van der Waals surface area contributed by atoms with Crippen LogP contribution in [0.1, 0.15) is 24.2 Å². The molecule has 0 aliphatic carbocycles. The summed E-state index contributed by atoms with van der Waals surface area (Å²) in [7, 11) is 3.62. The SMILES string of the molecule is COc1cc(C(=O)Nc2cc(Cl)ccc2N2CCN(C)CC2)cc(Cl)c1OC(C)C. The van der Waals surface area contributed by atoms with E-state index in [0.29, 0.717) is 32.8 Å². The smallest absolute Gasteiger partial charge is 0.255 e. The number of ether oxygens (including phenoxy) is 2. The van der Waals surface area contributed by atoms with Crippen LogP contribution in [-0.2, 0) is 0 Å². The Morgan fingerprint density at radius 1 is 1.10 bits per heavy atom. The summed E-state index contributed by atoms with van der Waals surface area (Å²) in [5, 5.41) is 3.85. The summed E-state index contributed by atoms with van der Waals surface area (Å²) in [6.45, 7) is 7.47. The van der Waals surface area contributed by atoms with Gasteiger partial charge in [0, 0.05) is 36.8 Å². The molecule has 1 saturated heterocycles. The third-order valence-electron chi connectivity index (χ3n) is 4.90. The van der Waals surface area contributed by atoms with Gasteiger partial charge in [-0.1, -0.05) is 23.2 Å². The number of methoxy groups -OCH3 is 1. The van der Waals surface area contributed by atoms with E-state index >= 15 is 0 Å². The molecular formula is C22H27Cl2N3O3. The van der Waals surface area contributed by atoms with E-state index in [2.05, 4.69) is 22.2 Å². The predicted molar refractivity (Wildman–Crippen MR) is 123 cm³/mol. The molecule has 0 spiro atoms. The molecule has 1 fully saturated rings. The van der Waals surface area contributed by atoms with Gasteiger partial charge in [-0.2, -0.15) is 0 Å². The Bertz CT molecular complexity index is 913. The van der Waals surface area contributed by atoms with Crippen LogP contribution >= 0.6 is 23.2 Å². The summed E-state index contributed by atoms with van der Waals surface area (Å²) in [6.07, 6.45) is -0.0753. The minimum Gasteiger partial charge on any atom is -0.493 e. The number of amides is 1. The van der Waals surface area contributed by atoms with E-state index < -0.39 is 0 Å². The summed E-state index contributed by atoms with van der Waals surface area (Å²) in [5.41, 5.74) is 1.98. The van der Waals surface area contributed by atoms with E-state index in [1.54, 1.807) is 18.2 Å². The van der Waals surface area contributed by atoms with Gasteiger partial charge in [0.1, 0.15) is 0 Å². The van der Waals surface area contributed by atoms with Crippen molar-refractivity contribution in [3.63, 3.8) is 0 Å². The lowest BCUT2D eigenvalue weighted by molar-refractivity contribution is 0.102. The van der Waals surface area contributed by atoms with E-state index in [9.17, 15) is 4.79 Å². The summed E-state index contributed by atoms with van der Waals surface area (Å²) >= 11 is 12.6.